The number of benzene rings is 1. The van der Waals surface area contributed by atoms with E-state index in [-0.39, 0.29) is 13.1 Å². The van der Waals surface area contributed by atoms with Gasteiger partial charge in [0.2, 0.25) is 5.91 Å². The molecule has 1 atom stereocenters. The molecule has 0 fully saturated rings. The molecule has 0 radical (unpaired) electrons. The van der Waals surface area contributed by atoms with Gasteiger partial charge in [0.25, 0.3) is 0 Å². The number of methoxy groups -OCH3 is 1. The normalized spacial score (nSPS) is 12.8. The summed E-state index contributed by atoms with van der Waals surface area (Å²) in [4.78, 5) is 13.7. The predicted octanol–water partition coefficient (Wildman–Crippen LogP) is 2.91. The molecule has 1 N–H and O–H groups in total. The Hall–Kier alpha value is -2.35. The lowest BCUT2D eigenvalue weighted by atomic mass is 10.1. The van der Waals surface area contributed by atoms with Crippen LogP contribution in [0.3, 0.4) is 0 Å². The van der Waals surface area contributed by atoms with E-state index in [1.54, 1.807) is 6.07 Å². The molecule has 1 aromatic heterocycles. The van der Waals surface area contributed by atoms with Crippen molar-refractivity contribution in [3.8, 4) is 0 Å². The maximum Gasteiger partial charge on any atom is 0.415 e. The Morgan fingerprint density at radius 1 is 1.25 bits per heavy atom. The maximum absolute atomic E-state index is 12.8. The molecule has 1 amide bonds. The Labute approximate surface area is 137 Å². The van der Waals surface area contributed by atoms with E-state index in [0.29, 0.717) is 5.69 Å². The fourth-order valence-corrected chi connectivity index (χ4v) is 2.23. The van der Waals surface area contributed by atoms with Gasteiger partial charge in [-0.3, -0.25) is 9.89 Å². The van der Waals surface area contributed by atoms with Crippen molar-refractivity contribution < 1.29 is 22.7 Å². The molecule has 1 unspecified atom stereocenters. The number of amides is 1. The molecule has 130 valence electrons. The number of nitrogens with one attached hydrogen (secondary N) is 1. The van der Waals surface area contributed by atoms with Crippen LogP contribution < -0.4 is 0 Å². The van der Waals surface area contributed by atoms with Gasteiger partial charge in [0.1, 0.15) is 0 Å². The van der Waals surface area contributed by atoms with Gasteiger partial charge in [0.05, 0.1) is 18.7 Å². The fourth-order valence-electron chi connectivity index (χ4n) is 2.23. The Morgan fingerprint density at radius 3 is 2.50 bits per heavy atom. The van der Waals surface area contributed by atoms with E-state index in [2.05, 4.69) is 14.9 Å². The summed E-state index contributed by atoms with van der Waals surface area (Å²) >= 11 is 0. The first kappa shape index (κ1) is 18.0. The third-order valence-electron chi connectivity index (χ3n) is 3.50. The largest absolute Gasteiger partial charge is 0.415 e. The highest BCUT2D eigenvalue weighted by atomic mass is 19.4. The molecule has 0 saturated heterocycles. The number of aromatic nitrogens is 2. The van der Waals surface area contributed by atoms with Crippen LogP contribution in [0.25, 0.3) is 0 Å². The molecular weight excluding hydrogens is 323 g/mol. The molecule has 0 aliphatic rings. The van der Waals surface area contributed by atoms with Crippen LogP contribution in [0.2, 0.25) is 0 Å². The van der Waals surface area contributed by atoms with Crippen LogP contribution in [0.15, 0.2) is 42.6 Å². The second kappa shape index (κ2) is 7.96. The van der Waals surface area contributed by atoms with Crippen molar-refractivity contribution in [2.45, 2.75) is 31.8 Å². The number of hydrogen-bond donors (Lipinski definition) is 1. The van der Waals surface area contributed by atoms with Crippen LogP contribution in [0.1, 0.15) is 17.7 Å². The first-order chi connectivity index (χ1) is 11.4. The summed E-state index contributed by atoms with van der Waals surface area (Å²) < 4.78 is 42.9. The highest BCUT2D eigenvalue weighted by molar-refractivity contribution is 5.76. The van der Waals surface area contributed by atoms with Crippen LogP contribution in [0.4, 0.5) is 13.2 Å². The molecule has 1 aromatic carbocycles. The third kappa shape index (κ3) is 5.09. The number of nitrogens with zero attached hydrogens (tertiary/aromatic N) is 2. The molecule has 8 heteroatoms. The minimum atomic E-state index is -4.59. The van der Waals surface area contributed by atoms with Crippen molar-refractivity contribution in [3.05, 3.63) is 53.9 Å². The van der Waals surface area contributed by atoms with Crippen LogP contribution in [-0.4, -0.2) is 40.4 Å². The van der Waals surface area contributed by atoms with E-state index in [1.165, 1.54) is 11.1 Å². The minimum absolute atomic E-state index is 0.141. The second-order valence-electron chi connectivity index (χ2n) is 5.29. The number of carbonyl (C=O) groups excluding carboxylic acids is 1. The van der Waals surface area contributed by atoms with Gasteiger partial charge in [-0.05, 0) is 11.6 Å². The molecule has 2 rings (SSSR count). The number of halogens is 3. The smallest absolute Gasteiger partial charge is 0.371 e. The van der Waals surface area contributed by atoms with Crippen molar-refractivity contribution in [1.29, 1.82) is 0 Å². The zero-order valence-corrected chi connectivity index (χ0v) is 13.1. The lowest BCUT2D eigenvalue weighted by Gasteiger charge is -2.25. The summed E-state index contributed by atoms with van der Waals surface area (Å²) in [7, 11) is 0.946. The van der Waals surface area contributed by atoms with Gasteiger partial charge in [-0.15, -0.1) is 0 Å². The van der Waals surface area contributed by atoms with E-state index < -0.39 is 24.6 Å². The van der Waals surface area contributed by atoms with Gasteiger partial charge in [0.15, 0.2) is 6.10 Å². The number of alkyl halides is 3. The number of carbonyl (C=O) groups is 1. The summed E-state index contributed by atoms with van der Waals surface area (Å²) in [6.07, 6.45) is -5.95. The van der Waals surface area contributed by atoms with Crippen molar-refractivity contribution in [2.75, 3.05) is 7.11 Å². The number of H-pyrrole nitrogens is 1. The first-order valence-corrected chi connectivity index (χ1v) is 7.29. The summed E-state index contributed by atoms with van der Waals surface area (Å²) in [5.74, 6) is -0.641. The van der Waals surface area contributed by atoms with Gasteiger partial charge in [-0.1, -0.05) is 30.3 Å². The van der Waals surface area contributed by atoms with Gasteiger partial charge in [0, 0.05) is 19.9 Å². The predicted molar refractivity (Wildman–Crippen MR) is 80.8 cm³/mol. The number of rotatable bonds is 7. The summed E-state index contributed by atoms with van der Waals surface area (Å²) in [5.41, 5.74) is 1.46. The van der Waals surface area contributed by atoms with Crippen LogP contribution in [0.5, 0.6) is 0 Å². The zero-order chi connectivity index (χ0) is 17.6. The SMILES string of the molecule is COC(CC(=O)N(Cc1ccccc1)Cc1ccn[nH]1)C(F)(F)F. The van der Waals surface area contributed by atoms with Crippen LogP contribution >= 0.6 is 0 Å². The topological polar surface area (TPSA) is 58.2 Å². The Kier molecular flexibility index (Phi) is 5.97. The fraction of sp³-hybridized carbons (Fsp3) is 0.375. The average Bonchev–Trinajstić information content (AvgIpc) is 3.04. The number of aromatic amines is 1. The monoisotopic (exact) mass is 341 g/mol. The van der Waals surface area contributed by atoms with Crippen LogP contribution in [-0.2, 0) is 22.6 Å². The highest BCUT2D eigenvalue weighted by Crippen LogP contribution is 2.26. The van der Waals surface area contributed by atoms with Crippen molar-refractivity contribution in [3.63, 3.8) is 0 Å². The van der Waals surface area contributed by atoms with E-state index in [4.69, 9.17) is 0 Å². The molecule has 0 aliphatic heterocycles. The highest BCUT2D eigenvalue weighted by Gasteiger charge is 2.42. The average molecular weight is 341 g/mol. The number of ether oxygens (including phenoxy) is 1. The van der Waals surface area contributed by atoms with Gasteiger partial charge in [-0.25, -0.2) is 0 Å². The van der Waals surface area contributed by atoms with Gasteiger partial charge >= 0.3 is 6.18 Å². The molecule has 0 saturated carbocycles. The molecular formula is C16H18F3N3O2. The first-order valence-electron chi connectivity index (χ1n) is 7.29. The van der Waals surface area contributed by atoms with Crippen LogP contribution in [0, 0.1) is 0 Å². The van der Waals surface area contributed by atoms with E-state index in [1.807, 2.05) is 30.3 Å². The Balaban J connectivity index is 2.13. The summed E-state index contributed by atoms with van der Waals surface area (Å²) in [6, 6.07) is 10.7. The van der Waals surface area contributed by atoms with Crippen molar-refractivity contribution >= 4 is 5.91 Å². The summed E-state index contributed by atoms with van der Waals surface area (Å²) in [5, 5.41) is 6.50. The van der Waals surface area contributed by atoms with E-state index in [9.17, 15) is 18.0 Å². The maximum atomic E-state index is 12.8. The van der Waals surface area contributed by atoms with E-state index in [0.717, 1.165) is 12.7 Å². The molecule has 5 nitrogen and oxygen atoms in total. The Bertz CT molecular complexity index is 630. The lowest BCUT2D eigenvalue weighted by molar-refractivity contribution is -0.215. The van der Waals surface area contributed by atoms with Crippen molar-refractivity contribution in [1.82, 2.24) is 15.1 Å². The lowest BCUT2D eigenvalue weighted by Crippen LogP contribution is -2.38. The quantitative estimate of drug-likeness (QED) is 0.842. The zero-order valence-electron chi connectivity index (χ0n) is 13.1. The molecule has 1 heterocycles. The Morgan fingerprint density at radius 2 is 1.96 bits per heavy atom. The number of hydrogen-bond acceptors (Lipinski definition) is 3. The van der Waals surface area contributed by atoms with Gasteiger partial charge in [-0.2, -0.15) is 18.3 Å². The minimum Gasteiger partial charge on any atom is -0.371 e. The molecule has 0 bridgehead atoms. The van der Waals surface area contributed by atoms with Gasteiger partial charge < -0.3 is 9.64 Å². The second-order valence-corrected chi connectivity index (χ2v) is 5.29. The van der Waals surface area contributed by atoms with E-state index >= 15 is 0 Å². The molecule has 2 aromatic rings. The molecule has 0 spiro atoms. The standard InChI is InChI=1S/C16H18F3N3O2/c1-24-14(16(17,18)19)9-15(23)22(11-13-7-8-20-21-13)10-12-5-3-2-4-6-12/h2-8,14H,9-11H2,1H3,(H,20,21). The molecule has 0 aliphatic carbocycles. The van der Waals surface area contributed by atoms with Crippen molar-refractivity contribution in [2.24, 2.45) is 0 Å². The molecule has 24 heavy (non-hydrogen) atoms. The third-order valence-corrected chi connectivity index (χ3v) is 3.50. The summed E-state index contributed by atoms with van der Waals surface area (Å²) in [6.45, 7) is 0.342.